The lowest BCUT2D eigenvalue weighted by Crippen LogP contribution is -2.12. The molecule has 21 heavy (non-hydrogen) atoms. The van der Waals surface area contributed by atoms with Crippen LogP contribution in [0.3, 0.4) is 0 Å². The Labute approximate surface area is 130 Å². The third-order valence-corrected chi connectivity index (χ3v) is 3.97. The predicted molar refractivity (Wildman–Crippen MR) is 90.9 cm³/mol. The van der Waals surface area contributed by atoms with Crippen molar-refractivity contribution in [3.8, 4) is 11.1 Å². The first-order valence-corrected chi connectivity index (χ1v) is 7.49. The van der Waals surface area contributed by atoms with Gasteiger partial charge in [0.1, 0.15) is 5.15 Å². The minimum Gasteiger partial charge on any atom is -0.236 e. The minimum absolute atomic E-state index is 0.0129. The first kappa shape index (κ1) is 14.1. The third-order valence-electron chi connectivity index (χ3n) is 3.68. The number of benzene rings is 2. The summed E-state index contributed by atoms with van der Waals surface area (Å²) in [5.74, 6) is 0. The molecular weight excluding hydrogens is 278 g/mol. The first-order chi connectivity index (χ1) is 9.95. The summed E-state index contributed by atoms with van der Waals surface area (Å²) in [7, 11) is 0. The highest BCUT2D eigenvalue weighted by atomic mass is 35.5. The van der Waals surface area contributed by atoms with E-state index in [-0.39, 0.29) is 5.41 Å². The van der Waals surface area contributed by atoms with Crippen LogP contribution in [-0.2, 0) is 5.41 Å². The second-order valence-corrected chi connectivity index (χ2v) is 6.71. The molecule has 0 aliphatic carbocycles. The van der Waals surface area contributed by atoms with Crippen molar-refractivity contribution in [2.75, 3.05) is 0 Å². The summed E-state index contributed by atoms with van der Waals surface area (Å²) in [6.45, 7) is 6.47. The van der Waals surface area contributed by atoms with Gasteiger partial charge in [0.2, 0.25) is 0 Å². The zero-order valence-electron chi connectivity index (χ0n) is 12.5. The third kappa shape index (κ3) is 2.79. The summed E-state index contributed by atoms with van der Waals surface area (Å²) >= 11 is 6.33. The minimum atomic E-state index is -0.0129. The monoisotopic (exact) mass is 295 g/mol. The van der Waals surface area contributed by atoms with Crippen LogP contribution in [0, 0.1) is 0 Å². The number of hydrogen-bond acceptors (Lipinski definition) is 1. The van der Waals surface area contributed by atoms with Gasteiger partial charge in [-0.2, -0.15) is 0 Å². The van der Waals surface area contributed by atoms with Crippen LogP contribution in [0.2, 0.25) is 5.15 Å². The molecule has 1 aromatic heterocycles. The largest absolute Gasteiger partial charge is 0.236 e. The van der Waals surface area contributed by atoms with Crippen molar-refractivity contribution in [3.63, 3.8) is 0 Å². The van der Waals surface area contributed by atoms with Crippen molar-refractivity contribution in [1.82, 2.24) is 4.98 Å². The molecule has 106 valence electrons. The molecular formula is C19H18ClN. The molecule has 0 aliphatic rings. The Morgan fingerprint density at radius 3 is 2.24 bits per heavy atom. The van der Waals surface area contributed by atoms with Crippen LogP contribution in [0.15, 0.2) is 54.6 Å². The lowest BCUT2D eigenvalue weighted by Gasteiger charge is -2.20. The van der Waals surface area contributed by atoms with Gasteiger partial charge in [-0.15, -0.1) is 0 Å². The molecule has 2 aromatic carbocycles. The standard InChI is InChI=1S/C19H18ClN/c1-19(2,3)16-12-15-11-14(13-7-5-4-6-8-13)9-10-17(15)21-18(16)20/h4-12H,1-3H3. The fraction of sp³-hybridized carbons (Fsp3) is 0.211. The van der Waals surface area contributed by atoms with Crippen LogP contribution < -0.4 is 0 Å². The number of halogens is 1. The van der Waals surface area contributed by atoms with E-state index in [1.165, 1.54) is 11.1 Å². The quantitative estimate of drug-likeness (QED) is 0.513. The van der Waals surface area contributed by atoms with E-state index in [2.05, 4.69) is 68.2 Å². The Hall–Kier alpha value is -1.86. The summed E-state index contributed by atoms with van der Waals surface area (Å²) < 4.78 is 0. The Kier molecular flexibility index (Phi) is 3.46. The molecule has 0 bridgehead atoms. The van der Waals surface area contributed by atoms with E-state index < -0.39 is 0 Å². The number of fused-ring (bicyclic) bond motifs is 1. The highest BCUT2D eigenvalue weighted by Gasteiger charge is 2.19. The van der Waals surface area contributed by atoms with Gasteiger partial charge in [0, 0.05) is 5.39 Å². The summed E-state index contributed by atoms with van der Waals surface area (Å²) in [5.41, 5.74) is 4.43. The van der Waals surface area contributed by atoms with Crippen molar-refractivity contribution in [2.24, 2.45) is 0 Å². The van der Waals surface area contributed by atoms with Crippen LogP contribution in [0.1, 0.15) is 26.3 Å². The number of aromatic nitrogens is 1. The molecule has 3 aromatic rings. The van der Waals surface area contributed by atoms with Crippen LogP contribution in [0.4, 0.5) is 0 Å². The van der Waals surface area contributed by atoms with Gasteiger partial charge >= 0.3 is 0 Å². The number of pyridine rings is 1. The smallest absolute Gasteiger partial charge is 0.133 e. The normalized spacial score (nSPS) is 11.8. The van der Waals surface area contributed by atoms with Gasteiger partial charge < -0.3 is 0 Å². The van der Waals surface area contributed by atoms with Gasteiger partial charge in [-0.3, -0.25) is 0 Å². The molecule has 2 heteroatoms. The van der Waals surface area contributed by atoms with Crippen molar-refractivity contribution < 1.29 is 0 Å². The molecule has 0 saturated heterocycles. The lowest BCUT2D eigenvalue weighted by molar-refractivity contribution is 0.589. The van der Waals surface area contributed by atoms with Gasteiger partial charge in [-0.05, 0) is 40.3 Å². The summed E-state index contributed by atoms with van der Waals surface area (Å²) in [6.07, 6.45) is 0. The molecule has 0 unspecified atom stereocenters. The average molecular weight is 296 g/mol. The SMILES string of the molecule is CC(C)(C)c1cc2cc(-c3ccccc3)ccc2nc1Cl. The van der Waals surface area contributed by atoms with Gasteiger partial charge in [0.15, 0.2) is 0 Å². The predicted octanol–water partition coefficient (Wildman–Crippen LogP) is 5.85. The lowest BCUT2D eigenvalue weighted by atomic mass is 9.87. The molecule has 1 heterocycles. The van der Waals surface area contributed by atoms with Crippen molar-refractivity contribution in [3.05, 3.63) is 65.3 Å². The van der Waals surface area contributed by atoms with E-state index >= 15 is 0 Å². The maximum Gasteiger partial charge on any atom is 0.133 e. The number of nitrogens with zero attached hydrogens (tertiary/aromatic N) is 1. The fourth-order valence-electron chi connectivity index (χ4n) is 2.49. The molecule has 0 spiro atoms. The Bertz CT molecular complexity index is 786. The van der Waals surface area contributed by atoms with Crippen LogP contribution in [0.5, 0.6) is 0 Å². The maximum atomic E-state index is 6.33. The van der Waals surface area contributed by atoms with E-state index in [4.69, 9.17) is 11.6 Å². The van der Waals surface area contributed by atoms with Gasteiger partial charge in [0.05, 0.1) is 5.52 Å². The van der Waals surface area contributed by atoms with Crippen molar-refractivity contribution >= 4 is 22.5 Å². The van der Waals surface area contributed by atoms with E-state index in [9.17, 15) is 0 Å². The summed E-state index contributed by atoms with van der Waals surface area (Å²) in [5, 5.41) is 1.73. The molecule has 0 radical (unpaired) electrons. The molecule has 0 fully saturated rings. The molecule has 0 N–H and O–H groups in total. The van der Waals surface area contributed by atoms with E-state index in [0.29, 0.717) is 5.15 Å². The highest BCUT2D eigenvalue weighted by molar-refractivity contribution is 6.30. The van der Waals surface area contributed by atoms with Gasteiger partial charge in [-0.25, -0.2) is 4.98 Å². The van der Waals surface area contributed by atoms with Crippen LogP contribution in [0.25, 0.3) is 22.0 Å². The molecule has 3 rings (SSSR count). The van der Waals surface area contributed by atoms with Gasteiger partial charge in [0.25, 0.3) is 0 Å². The topological polar surface area (TPSA) is 12.9 Å². The van der Waals surface area contributed by atoms with E-state index in [1.807, 2.05) is 12.1 Å². The Morgan fingerprint density at radius 1 is 0.857 bits per heavy atom. The van der Waals surface area contributed by atoms with Crippen LogP contribution in [-0.4, -0.2) is 4.98 Å². The first-order valence-electron chi connectivity index (χ1n) is 7.11. The van der Waals surface area contributed by atoms with Crippen LogP contribution >= 0.6 is 11.6 Å². The summed E-state index contributed by atoms with van der Waals surface area (Å²) in [6, 6.07) is 18.9. The second-order valence-electron chi connectivity index (χ2n) is 6.35. The highest BCUT2D eigenvalue weighted by Crippen LogP contribution is 2.32. The van der Waals surface area contributed by atoms with Crippen molar-refractivity contribution in [2.45, 2.75) is 26.2 Å². The van der Waals surface area contributed by atoms with Gasteiger partial charge in [-0.1, -0.05) is 68.8 Å². The molecule has 0 amide bonds. The Balaban J connectivity index is 2.19. The molecule has 0 atom stereocenters. The van der Waals surface area contributed by atoms with E-state index in [0.717, 1.165) is 16.5 Å². The summed E-state index contributed by atoms with van der Waals surface area (Å²) in [4.78, 5) is 4.54. The maximum absolute atomic E-state index is 6.33. The zero-order chi connectivity index (χ0) is 15.0. The van der Waals surface area contributed by atoms with Crippen molar-refractivity contribution in [1.29, 1.82) is 0 Å². The second kappa shape index (κ2) is 5.16. The fourth-order valence-corrected chi connectivity index (χ4v) is 2.92. The average Bonchev–Trinajstić information content (AvgIpc) is 2.46. The Morgan fingerprint density at radius 2 is 1.57 bits per heavy atom. The number of hydrogen-bond donors (Lipinski definition) is 0. The molecule has 1 nitrogen and oxygen atoms in total. The number of rotatable bonds is 1. The molecule has 0 saturated carbocycles. The van der Waals surface area contributed by atoms with E-state index in [1.54, 1.807) is 0 Å². The molecule has 0 aliphatic heterocycles. The zero-order valence-corrected chi connectivity index (χ0v) is 13.3.